The van der Waals surface area contributed by atoms with Crippen molar-refractivity contribution >= 4 is 27.1 Å². The fraction of sp³-hybridized carbons (Fsp3) is 0.400. The van der Waals surface area contributed by atoms with Gasteiger partial charge in [0.25, 0.3) is 5.69 Å². The summed E-state index contributed by atoms with van der Waals surface area (Å²) in [5, 5.41) is 22.7. The molecule has 27 heavy (non-hydrogen) atoms. The molecule has 1 fully saturated rings. The molecule has 0 aliphatic heterocycles. The van der Waals surface area contributed by atoms with E-state index in [2.05, 4.69) is 15.4 Å². The maximum absolute atomic E-state index is 13.0. The minimum atomic E-state index is -3.71. The number of carbonyl (C=O) groups is 2. The molecule has 1 aromatic carbocycles. The number of aryl methyl sites for hydroxylation is 1. The van der Waals surface area contributed by atoms with E-state index in [1.165, 1.54) is 7.05 Å². The van der Waals surface area contributed by atoms with Gasteiger partial charge in [-0.1, -0.05) is 0 Å². The third-order valence-electron chi connectivity index (χ3n) is 4.17. The van der Waals surface area contributed by atoms with Crippen LogP contribution in [0.15, 0.2) is 23.1 Å². The summed E-state index contributed by atoms with van der Waals surface area (Å²) in [6, 6.07) is 2.95. The quantitative estimate of drug-likeness (QED) is 0.282. The summed E-state index contributed by atoms with van der Waals surface area (Å²) >= 11 is 0. The lowest BCUT2D eigenvalue weighted by Crippen LogP contribution is -2.26. The molecule has 1 aliphatic carbocycles. The van der Waals surface area contributed by atoms with Gasteiger partial charge in [0.05, 0.1) is 22.4 Å². The SMILES string of the molecule is Cn1nnc(C(C(=O)c2ccc(S(C)(=O)=O)cc2[N+](=O)[O-])C(=O)C2CC2)n1. The van der Waals surface area contributed by atoms with Crippen LogP contribution in [-0.4, -0.2) is 51.4 Å². The van der Waals surface area contributed by atoms with Crippen molar-refractivity contribution in [3.05, 3.63) is 39.7 Å². The lowest BCUT2D eigenvalue weighted by atomic mass is 9.90. The van der Waals surface area contributed by atoms with E-state index in [0.29, 0.717) is 12.8 Å². The highest BCUT2D eigenvalue weighted by Crippen LogP contribution is 2.37. The Labute approximate surface area is 153 Å². The highest BCUT2D eigenvalue weighted by atomic mass is 32.2. The number of hydrogen-bond donors (Lipinski definition) is 0. The van der Waals surface area contributed by atoms with Crippen LogP contribution in [0.5, 0.6) is 0 Å². The van der Waals surface area contributed by atoms with Crippen LogP contribution in [0.2, 0.25) is 0 Å². The molecule has 0 spiro atoms. The topological polar surface area (TPSA) is 155 Å². The summed E-state index contributed by atoms with van der Waals surface area (Å²) in [7, 11) is -2.25. The number of aromatic nitrogens is 4. The summed E-state index contributed by atoms with van der Waals surface area (Å²) in [5.74, 6) is -3.16. The number of hydrogen-bond acceptors (Lipinski definition) is 9. The third-order valence-corrected chi connectivity index (χ3v) is 5.28. The van der Waals surface area contributed by atoms with Gasteiger partial charge in [0, 0.05) is 18.2 Å². The second kappa shape index (κ2) is 6.61. The van der Waals surface area contributed by atoms with Gasteiger partial charge in [0.1, 0.15) is 5.92 Å². The Morgan fingerprint density at radius 2 is 2.00 bits per heavy atom. The maximum Gasteiger partial charge on any atom is 0.281 e. The number of ketones is 2. The number of Topliss-reactive ketones (excluding diaryl/α,β-unsaturated/α-hetero) is 2. The lowest BCUT2D eigenvalue weighted by Gasteiger charge is -2.11. The van der Waals surface area contributed by atoms with Gasteiger partial charge >= 0.3 is 0 Å². The minimum absolute atomic E-state index is 0.138. The van der Waals surface area contributed by atoms with Gasteiger partial charge in [0.15, 0.2) is 27.2 Å². The molecule has 0 N–H and O–H groups in total. The molecular weight excluding hydrogens is 378 g/mol. The predicted molar refractivity (Wildman–Crippen MR) is 89.8 cm³/mol. The predicted octanol–water partition coefficient (Wildman–Crippen LogP) is 0.467. The Morgan fingerprint density at radius 3 is 2.48 bits per heavy atom. The van der Waals surface area contributed by atoms with Gasteiger partial charge < -0.3 is 0 Å². The molecule has 1 unspecified atom stereocenters. The first-order valence-corrected chi connectivity index (χ1v) is 9.79. The van der Waals surface area contributed by atoms with Crippen molar-refractivity contribution in [1.82, 2.24) is 20.2 Å². The Hall–Kier alpha value is -3.02. The molecule has 11 nitrogen and oxygen atoms in total. The van der Waals surface area contributed by atoms with Crippen molar-refractivity contribution in [2.75, 3.05) is 6.26 Å². The fourth-order valence-corrected chi connectivity index (χ4v) is 3.29. The summed E-state index contributed by atoms with van der Waals surface area (Å²) in [6.45, 7) is 0. The molecule has 3 rings (SSSR count). The Balaban J connectivity index is 2.11. The maximum atomic E-state index is 13.0. The summed E-state index contributed by atoms with van der Waals surface area (Å²) in [6.07, 6.45) is 2.15. The van der Waals surface area contributed by atoms with E-state index in [1.807, 2.05) is 0 Å². The van der Waals surface area contributed by atoms with E-state index in [-0.39, 0.29) is 22.2 Å². The molecule has 1 aromatic heterocycles. The first-order valence-electron chi connectivity index (χ1n) is 7.90. The number of nitrogens with zero attached hydrogens (tertiary/aromatic N) is 5. The molecule has 1 heterocycles. The van der Waals surface area contributed by atoms with Crippen molar-refractivity contribution < 1.29 is 22.9 Å². The first kappa shape index (κ1) is 18.8. The van der Waals surface area contributed by atoms with Crippen LogP contribution in [-0.2, 0) is 21.7 Å². The number of rotatable bonds is 7. The van der Waals surface area contributed by atoms with Crippen LogP contribution in [0.1, 0.15) is 34.9 Å². The van der Waals surface area contributed by atoms with Crippen LogP contribution in [0, 0.1) is 16.0 Å². The van der Waals surface area contributed by atoms with Gasteiger partial charge in [-0.05, 0) is 30.2 Å². The van der Waals surface area contributed by atoms with Crippen molar-refractivity contribution in [3.8, 4) is 0 Å². The summed E-state index contributed by atoms with van der Waals surface area (Å²) in [5.41, 5.74) is -1.07. The average Bonchev–Trinajstić information content (AvgIpc) is 3.36. The van der Waals surface area contributed by atoms with E-state index >= 15 is 0 Å². The normalized spacial score (nSPS) is 15.3. The summed E-state index contributed by atoms with van der Waals surface area (Å²) in [4.78, 5) is 37.0. The van der Waals surface area contributed by atoms with Crippen LogP contribution in [0.4, 0.5) is 5.69 Å². The molecule has 0 amide bonds. The van der Waals surface area contributed by atoms with Crippen LogP contribution >= 0.6 is 0 Å². The number of carbonyl (C=O) groups excluding carboxylic acids is 2. The molecule has 0 bridgehead atoms. The zero-order valence-electron chi connectivity index (χ0n) is 14.4. The third kappa shape index (κ3) is 3.74. The zero-order chi connectivity index (χ0) is 19.9. The molecular formula is C15H15N5O6S. The summed E-state index contributed by atoms with van der Waals surface area (Å²) < 4.78 is 23.3. The Morgan fingerprint density at radius 1 is 1.33 bits per heavy atom. The monoisotopic (exact) mass is 393 g/mol. The highest BCUT2D eigenvalue weighted by molar-refractivity contribution is 7.90. The number of nitro groups is 1. The van der Waals surface area contributed by atoms with Gasteiger partial charge in [0.2, 0.25) is 0 Å². The van der Waals surface area contributed by atoms with Crippen LogP contribution in [0.25, 0.3) is 0 Å². The fourth-order valence-electron chi connectivity index (χ4n) is 2.65. The van der Waals surface area contributed by atoms with Crippen LogP contribution in [0.3, 0.4) is 0 Å². The molecule has 12 heteroatoms. The van der Waals surface area contributed by atoms with Crippen LogP contribution < -0.4 is 0 Å². The van der Waals surface area contributed by atoms with Crippen molar-refractivity contribution in [2.24, 2.45) is 13.0 Å². The highest BCUT2D eigenvalue weighted by Gasteiger charge is 2.43. The molecule has 1 aliphatic rings. The second-order valence-electron chi connectivity index (χ2n) is 6.32. The molecule has 1 saturated carbocycles. The van der Waals surface area contributed by atoms with E-state index < -0.39 is 37.9 Å². The second-order valence-corrected chi connectivity index (χ2v) is 8.33. The largest absolute Gasteiger partial charge is 0.298 e. The average molecular weight is 393 g/mol. The van der Waals surface area contributed by atoms with E-state index in [9.17, 15) is 28.1 Å². The van der Waals surface area contributed by atoms with Crippen molar-refractivity contribution in [3.63, 3.8) is 0 Å². The number of tetrazole rings is 1. The molecule has 1 atom stereocenters. The molecule has 0 radical (unpaired) electrons. The van der Waals surface area contributed by atoms with Crippen molar-refractivity contribution in [2.45, 2.75) is 23.7 Å². The number of benzene rings is 1. The minimum Gasteiger partial charge on any atom is -0.298 e. The molecule has 2 aromatic rings. The van der Waals surface area contributed by atoms with Crippen molar-refractivity contribution in [1.29, 1.82) is 0 Å². The zero-order valence-corrected chi connectivity index (χ0v) is 15.2. The number of nitro benzene ring substituents is 1. The van der Waals surface area contributed by atoms with Gasteiger partial charge in [-0.2, -0.15) is 4.80 Å². The Bertz CT molecular complexity index is 1060. The van der Waals surface area contributed by atoms with E-state index in [0.717, 1.165) is 29.3 Å². The smallest absolute Gasteiger partial charge is 0.281 e. The van der Waals surface area contributed by atoms with Gasteiger partial charge in [-0.15, -0.1) is 10.2 Å². The van der Waals surface area contributed by atoms with Gasteiger partial charge in [-0.3, -0.25) is 19.7 Å². The molecule has 0 saturated heterocycles. The molecule has 142 valence electrons. The van der Waals surface area contributed by atoms with Gasteiger partial charge in [-0.25, -0.2) is 8.42 Å². The first-order chi connectivity index (χ1) is 12.6. The number of sulfone groups is 1. The standard InChI is InChI=1S/C15H15N5O6S/c1-19-17-15(16-18-19)12(13(21)8-3-4-8)14(22)10-6-5-9(27(2,25)26)7-11(10)20(23)24/h5-8,12H,3-4H2,1-2H3. The van der Waals surface area contributed by atoms with E-state index in [1.54, 1.807) is 0 Å². The Kier molecular flexibility index (Phi) is 4.59. The lowest BCUT2D eigenvalue weighted by molar-refractivity contribution is -0.385. The van der Waals surface area contributed by atoms with E-state index in [4.69, 9.17) is 0 Å².